The number of hydrogen-bond acceptors (Lipinski definition) is 4. The van der Waals surface area contributed by atoms with E-state index < -0.39 is 0 Å². The van der Waals surface area contributed by atoms with Crippen LogP contribution in [0.2, 0.25) is 0 Å². The van der Waals surface area contributed by atoms with E-state index in [0.29, 0.717) is 11.5 Å². The third kappa shape index (κ3) is 4.28. The SMILES string of the molecule is COc1cccc(CC2CCCN2C(=O)COc2ccccc2OC)c1. The molecule has 5 heteroatoms. The molecule has 1 heterocycles. The topological polar surface area (TPSA) is 48.0 Å². The molecule has 26 heavy (non-hydrogen) atoms. The first-order valence-electron chi connectivity index (χ1n) is 8.89. The number of hydrogen-bond donors (Lipinski definition) is 0. The highest BCUT2D eigenvalue weighted by molar-refractivity contribution is 5.78. The summed E-state index contributed by atoms with van der Waals surface area (Å²) in [5.74, 6) is 2.08. The number of amides is 1. The Morgan fingerprint density at radius 3 is 2.65 bits per heavy atom. The summed E-state index contributed by atoms with van der Waals surface area (Å²) in [5.41, 5.74) is 1.18. The molecule has 3 rings (SSSR count). The highest BCUT2D eigenvalue weighted by Gasteiger charge is 2.29. The molecule has 1 amide bonds. The number of carbonyl (C=O) groups excluding carboxylic acids is 1. The van der Waals surface area contributed by atoms with Crippen LogP contribution in [0.1, 0.15) is 18.4 Å². The van der Waals surface area contributed by atoms with Crippen molar-refractivity contribution < 1.29 is 19.0 Å². The normalized spacial score (nSPS) is 16.4. The van der Waals surface area contributed by atoms with Crippen LogP contribution in [-0.4, -0.2) is 44.2 Å². The zero-order chi connectivity index (χ0) is 18.4. The smallest absolute Gasteiger partial charge is 0.260 e. The average molecular weight is 355 g/mol. The highest BCUT2D eigenvalue weighted by Crippen LogP contribution is 2.27. The van der Waals surface area contributed by atoms with E-state index in [-0.39, 0.29) is 18.6 Å². The maximum Gasteiger partial charge on any atom is 0.260 e. The van der Waals surface area contributed by atoms with Crippen LogP contribution in [0, 0.1) is 0 Å². The minimum atomic E-state index is 0.0151. The summed E-state index contributed by atoms with van der Waals surface area (Å²) in [7, 11) is 3.26. The maximum atomic E-state index is 12.7. The van der Waals surface area contributed by atoms with Crippen molar-refractivity contribution in [2.45, 2.75) is 25.3 Å². The van der Waals surface area contributed by atoms with Gasteiger partial charge in [0.25, 0.3) is 5.91 Å². The van der Waals surface area contributed by atoms with Crippen molar-refractivity contribution in [2.24, 2.45) is 0 Å². The molecular formula is C21H25NO4. The van der Waals surface area contributed by atoms with E-state index >= 15 is 0 Å². The Kier molecular flexibility index (Phi) is 6.00. The van der Waals surface area contributed by atoms with Crippen molar-refractivity contribution in [3.05, 3.63) is 54.1 Å². The molecule has 1 aliphatic heterocycles. The Bertz CT molecular complexity index is 746. The molecule has 2 aromatic carbocycles. The molecule has 0 N–H and O–H groups in total. The molecule has 1 fully saturated rings. The summed E-state index contributed by atoms with van der Waals surface area (Å²) in [4.78, 5) is 14.6. The molecule has 0 saturated carbocycles. The molecular weight excluding hydrogens is 330 g/mol. The lowest BCUT2D eigenvalue weighted by atomic mass is 10.0. The molecule has 1 unspecified atom stereocenters. The number of ether oxygens (including phenoxy) is 3. The lowest BCUT2D eigenvalue weighted by Crippen LogP contribution is -2.39. The molecule has 1 saturated heterocycles. The molecule has 0 bridgehead atoms. The third-order valence-electron chi connectivity index (χ3n) is 4.72. The van der Waals surface area contributed by atoms with Crippen molar-refractivity contribution in [1.82, 2.24) is 4.90 Å². The van der Waals surface area contributed by atoms with Gasteiger partial charge in [0, 0.05) is 12.6 Å². The molecule has 1 atom stereocenters. The number of rotatable bonds is 7. The van der Waals surface area contributed by atoms with Gasteiger partial charge < -0.3 is 19.1 Å². The van der Waals surface area contributed by atoms with E-state index in [2.05, 4.69) is 6.07 Å². The van der Waals surface area contributed by atoms with E-state index in [9.17, 15) is 4.79 Å². The fourth-order valence-electron chi connectivity index (χ4n) is 3.41. The first-order chi connectivity index (χ1) is 12.7. The van der Waals surface area contributed by atoms with Gasteiger partial charge in [0.2, 0.25) is 0 Å². The first-order valence-corrected chi connectivity index (χ1v) is 8.89. The summed E-state index contributed by atoms with van der Waals surface area (Å²) in [6, 6.07) is 15.6. The quantitative estimate of drug-likeness (QED) is 0.764. The molecule has 0 aromatic heterocycles. The maximum absolute atomic E-state index is 12.7. The number of likely N-dealkylation sites (tertiary alicyclic amines) is 1. The van der Waals surface area contributed by atoms with E-state index in [4.69, 9.17) is 14.2 Å². The van der Waals surface area contributed by atoms with Gasteiger partial charge in [-0.25, -0.2) is 0 Å². The second-order valence-corrected chi connectivity index (χ2v) is 6.38. The van der Waals surface area contributed by atoms with Gasteiger partial charge in [-0.05, 0) is 49.1 Å². The van der Waals surface area contributed by atoms with E-state index in [1.807, 2.05) is 47.4 Å². The van der Waals surface area contributed by atoms with Gasteiger partial charge in [-0.1, -0.05) is 24.3 Å². The standard InChI is InChI=1S/C21H25NO4/c1-24-18-9-5-7-16(14-18)13-17-8-6-12-22(17)21(23)15-26-20-11-4-3-10-19(20)25-2/h3-5,7,9-11,14,17H,6,8,12-13,15H2,1-2H3. The van der Waals surface area contributed by atoms with Gasteiger partial charge in [0.1, 0.15) is 5.75 Å². The largest absolute Gasteiger partial charge is 0.497 e. The van der Waals surface area contributed by atoms with Gasteiger partial charge in [0.15, 0.2) is 18.1 Å². The van der Waals surface area contributed by atoms with Gasteiger partial charge in [-0.3, -0.25) is 4.79 Å². The zero-order valence-corrected chi connectivity index (χ0v) is 15.3. The van der Waals surface area contributed by atoms with Crippen LogP contribution >= 0.6 is 0 Å². The number of benzene rings is 2. The number of methoxy groups -OCH3 is 2. The third-order valence-corrected chi connectivity index (χ3v) is 4.72. The Morgan fingerprint density at radius 1 is 1.08 bits per heavy atom. The van der Waals surface area contributed by atoms with Crippen molar-refractivity contribution in [3.8, 4) is 17.2 Å². The van der Waals surface area contributed by atoms with Gasteiger partial charge in [-0.2, -0.15) is 0 Å². The lowest BCUT2D eigenvalue weighted by Gasteiger charge is -2.25. The number of carbonyl (C=O) groups is 1. The molecule has 0 aliphatic carbocycles. The molecule has 2 aromatic rings. The minimum Gasteiger partial charge on any atom is -0.497 e. The Morgan fingerprint density at radius 2 is 1.88 bits per heavy atom. The molecule has 0 radical (unpaired) electrons. The van der Waals surface area contributed by atoms with Crippen molar-refractivity contribution in [1.29, 1.82) is 0 Å². The first kappa shape index (κ1) is 18.1. The number of nitrogens with zero attached hydrogens (tertiary/aromatic N) is 1. The predicted molar refractivity (Wildman–Crippen MR) is 99.9 cm³/mol. The summed E-state index contributed by atoms with van der Waals surface area (Å²) in [5, 5.41) is 0. The van der Waals surface area contributed by atoms with Gasteiger partial charge in [0.05, 0.1) is 14.2 Å². The van der Waals surface area contributed by atoms with E-state index in [1.165, 1.54) is 5.56 Å². The number of para-hydroxylation sites is 2. The van der Waals surface area contributed by atoms with E-state index in [1.54, 1.807) is 14.2 Å². The van der Waals surface area contributed by atoms with Crippen molar-refractivity contribution in [3.63, 3.8) is 0 Å². The van der Waals surface area contributed by atoms with Crippen LogP contribution in [0.4, 0.5) is 0 Å². The van der Waals surface area contributed by atoms with E-state index in [0.717, 1.165) is 31.6 Å². The predicted octanol–water partition coefficient (Wildman–Crippen LogP) is 3.32. The van der Waals surface area contributed by atoms with Crippen molar-refractivity contribution in [2.75, 3.05) is 27.4 Å². The van der Waals surface area contributed by atoms with Crippen molar-refractivity contribution >= 4 is 5.91 Å². The fraction of sp³-hybridized carbons (Fsp3) is 0.381. The monoisotopic (exact) mass is 355 g/mol. The van der Waals surface area contributed by atoms with Crippen LogP contribution in [0.3, 0.4) is 0 Å². The van der Waals surface area contributed by atoms with Gasteiger partial charge >= 0.3 is 0 Å². The van der Waals surface area contributed by atoms with Crippen LogP contribution in [0.25, 0.3) is 0 Å². The molecule has 1 aliphatic rings. The molecule has 0 spiro atoms. The summed E-state index contributed by atoms with van der Waals surface area (Å²) < 4.78 is 16.3. The summed E-state index contributed by atoms with van der Waals surface area (Å²) in [6.07, 6.45) is 2.87. The second-order valence-electron chi connectivity index (χ2n) is 6.38. The molecule has 5 nitrogen and oxygen atoms in total. The highest BCUT2D eigenvalue weighted by atomic mass is 16.5. The van der Waals surface area contributed by atoms with Crippen LogP contribution in [0.15, 0.2) is 48.5 Å². The Labute approximate surface area is 154 Å². The van der Waals surface area contributed by atoms with Crippen LogP contribution < -0.4 is 14.2 Å². The average Bonchev–Trinajstić information content (AvgIpc) is 3.14. The van der Waals surface area contributed by atoms with Crippen LogP contribution in [-0.2, 0) is 11.2 Å². The Balaban J connectivity index is 1.61. The minimum absolute atomic E-state index is 0.0151. The van der Waals surface area contributed by atoms with Gasteiger partial charge in [-0.15, -0.1) is 0 Å². The van der Waals surface area contributed by atoms with Crippen LogP contribution in [0.5, 0.6) is 17.2 Å². The second kappa shape index (κ2) is 8.61. The molecule has 138 valence electrons. The Hall–Kier alpha value is -2.69. The fourth-order valence-corrected chi connectivity index (χ4v) is 3.41. The zero-order valence-electron chi connectivity index (χ0n) is 15.3. The lowest BCUT2D eigenvalue weighted by molar-refractivity contribution is -0.134. The summed E-state index contributed by atoms with van der Waals surface area (Å²) >= 11 is 0. The summed E-state index contributed by atoms with van der Waals surface area (Å²) in [6.45, 7) is 0.803.